The van der Waals surface area contributed by atoms with E-state index >= 15 is 0 Å². The smallest absolute Gasteiger partial charge is 0.0597 e. The minimum absolute atomic E-state index is 0.541. The van der Waals surface area contributed by atoms with Gasteiger partial charge in [-0.05, 0) is 45.4 Å². The highest BCUT2D eigenvalue weighted by molar-refractivity contribution is 4.81. The quantitative estimate of drug-likeness (QED) is 0.660. The van der Waals surface area contributed by atoms with Crippen LogP contribution >= 0.6 is 0 Å². The molecule has 0 aliphatic heterocycles. The molecular weight excluding hydrogens is 188 g/mol. The molecule has 0 aromatic heterocycles. The topological polar surface area (TPSA) is 24.5 Å². The van der Waals surface area contributed by atoms with E-state index in [1.807, 2.05) is 7.05 Å². The Hall–Kier alpha value is -0.120. The molecule has 1 aliphatic carbocycles. The molecule has 0 amide bonds. The fourth-order valence-corrected chi connectivity index (χ4v) is 2.15. The molecule has 0 heterocycles. The third-order valence-electron chi connectivity index (χ3n) is 3.34. The molecule has 1 N–H and O–H groups in total. The first-order chi connectivity index (χ1) is 7.30. The van der Waals surface area contributed by atoms with Crippen molar-refractivity contribution in [3.8, 4) is 0 Å². The maximum absolute atomic E-state index is 5.82. The molecule has 1 saturated carbocycles. The lowest BCUT2D eigenvalue weighted by Crippen LogP contribution is -2.38. The van der Waals surface area contributed by atoms with Crippen LogP contribution in [-0.2, 0) is 4.74 Å². The largest absolute Gasteiger partial charge is 0.377 e. The molecule has 0 spiro atoms. The molecule has 3 heteroatoms. The fourth-order valence-electron chi connectivity index (χ4n) is 2.15. The van der Waals surface area contributed by atoms with Crippen LogP contribution in [0.3, 0.4) is 0 Å². The minimum atomic E-state index is 0.541. The Bertz CT molecular complexity index is 154. The Morgan fingerprint density at radius 1 is 1.27 bits per heavy atom. The van der Waals surface area contributed by atoms with Crippen LogP contribution in [-0.4, -0.2) is 50.8 Å². The van der Waals surface area contributed by atoms with Crippen molar-refractivity contribution >= 4 is 0 Å². The summed E-state index contributed by atoms with van der Waals surface area (Å²) in [5.74, 6) is 0.855. The van der Waals surface area contributed by atoms with Crippen molar-refractivity contribution in [2.75, 3.05) is 39.8 Å². The standard InChI is InChI=1S/C12H26N2O/c1-4-14(5-2)6-7-15-12-8-11(9-12)10-13-3/h11-13H,4-10H2,1-3H3. The molecule has 0 saturated heterocycles. The highest BCUT2D eigenvalue weighted by atomic mass is 16.5. The van der Waals surface area contributed by atoms with E-state index in [2.05, 4.69) is 24.1 Å². The van der Waals surface area contributed by atoms with E-state index in [0.717, 1.165) is 38.7 Å². The SMILES string of the molecule is CCN(CC)CCOC1CC(CNC)C1. The minimum Gasteiger partial charge on any atom is -0.377 e. The second kappa shape index (κ2) is 7.20. The summed E-state index contributed by atoms with van der Waals surface area (Å²) in [6.45, 7) is 9.81. The van der Waals surface area contributed by atoms with Crippen molar-refractivity contribution in [1.29, 1.82) is 0 Å². The monoisotopic (exact) mass is 214 g/mol. The third-order valence-corrected chi connectivity index (χ3v) is 3.34. The summed E-state index contributed by atoms with van der Waals surface area (Å²) < 4.78 is 5.82. The van der Waals surface area contributed by atoms with Crippen molar-refractivity contribution in [1.82, 2.24) is 10.2 Å². The number of likely N-dealkylation sites (N-methyl/N-ethyl adjacent to an activating group) is 1. The zero-order valence-electron chi connectivity index (χ0n) is 10.5. The van der Waals surface area contributed by atoms with Gasteiger partial charge in [0.25, 0.3) is 0 Å². The summed E-state index contributed by atoms with van der Waals surface area (Å²) in [5.41, 5.74) is 0. The summed E-state index contributed by atoms with van der Waals surface area (Å²) in [7, 11) is 2.02. The summed E-state index contributed by atoms with van der Waals surface area (Å²) >= 11 is 0. The van der Waals surface area contributed by atoms with Gasteiger partial charge in [0.1, 0.15) is 0 Å². The van der Waals surface area contributed by atoms with Crippen LogP contribution in [0.1, 0.15) is 26.7 Å². The van der Waals surface area contributed by atoms with Crippen LogP contribution in [0.25, 0.3) is 0 Å². The predicted octanol–water partition coefficient (Wildman–Crippen LogP) is 1.34. The molecule has 0 bridgehead atoms. The number of nitrogens with zero attached hydrogens (tertiary/aromatic N) is 1. The molecule has 0 radical (unpaired) electrons. The van der Waals surface area contributed by atoms with E-state index in [4.69, 9.17) is 4.74 Å². The van der Waals surface area contributed by atoms with Crippen LogP contribution < -0.4 is 5.32 Å². The number of nitrogens with one attached hydrogen (secondary N) is 1. The molecule has 1 rings (SSSR count). The van der Waals surface area contributed by atoms with Crippen LogP contribution in [0, 0.1) is 5.92 Å². The number of ether oxygens (including phenoxy) is 1. The molecule has 3 nitrogen and oxygen atoms in total. The van der Waals surface area contributed by atoms with E-state index in [-0.39, 0.29) is 0 Å². The van der Waals surface area contributed by atoms with Gasteiger partial charge < -0.3 is 15.0 Å². The maximum Gasteiger partial charge on any atom is 0.0597 e. The average molecular weight is 214 g/mol. The summed E-state index contributed by atoms with van der Waals surface area (Å²) in [4.78, 5) is 2.41. The zero-order chi connectivity index (χ0) is 11.1. The first-order valence-corrected chi connectivity index (χ1v) is 6.28. The lowest BCUT2D eigenvalue weighted by molar-refractivity contribution is -0.0356. The van der Waals surface area contributed by atoms with Crippen molar-refractivity contribution < 1.29 is 4.74 Å². The maximum atomic E-state index is 5.82. The Balaban J connectivity index is 1.94. The van der Waals surface area contributed by atoms with Crippen LogP contribution in [0.2, 0.25) is 0 Å². The third kappa shape index (κ3) is 4.49. The second-order valence-corrected chi connectivity index (χ2v) is 4.41. The molecule has 0 unspecified atom stereocenters. The Morgan fingerprint density at radius 3 is 2.47 bits per heavy atom. The Morgan fingerprint density at radius 2 is 1.93 bits per heavy atom. The fraction of sp³-hybridized carbons (Fsp3) is 1.00. The molecular formula is C12H26N2O. The molecule has 1 fully saturated rings. The van der Waals surface area contributed by atoms with E-state index < -0.39 is 0 Å². The summed E-state index contributed by atoms with van der Waals surface area (Å²) in [5, 5.41) is 3.22. The highest BCUT2D eigenvalue weighted by Crippen LogP contribution is 2.29. The summed E-state index contributed by atoms with van der Waals surface area (Å²) in [6.07, 6.45) is 3.04. The second-order valence-electron chi connectivity index (χ2n) is 4.41. The van der Waals surface area contributed by atoms with Crippen LogP contribution in [0.15, 0.2) is 0 Å². The molecule has 1 aliphatic rings. The molecule has 0 aromatic carbocycles. The number of rotatable bonds is 8. The lowest BCUT2D eigenvalue weighted by atomic mass is 9.82. The van der Waals surface area contributed by atoms with E-state index in [9.17, 15) is 0 Å². The van der Waals surface area contributed by atoms with Gasteiger partial charge >= 0.3 is 0 Å². The van der Waals surface area contributed by atoms with Gasteiger partial charge in [0, 0.05) is 6.54 Å². The normalized spacial score (nSPS) is 25.6. The molecule has 0 aromatic rings. The highest BCUT2D eigenvalue weighted by Gasteiger charge is 2.28. The first-order valence-electron chi connectivity index (χ1n) is 6.28. The van der Waals surface area contributed by atoms with E-state index in [1.165, 1.54) is 12.8 Å². The van der Waals surface area contributed by atoms with Gasteiger partial charge in [-0.25, -0.2) is 0 Å². The van der Waals surface area contributed by atoms with Crippen LogP contribution in [0.4, 0.5) is 0 Å². The molecule has 0 atom stereocenters. The molecule has 15 heavy (non-hydrogen) atoms. The summed E-state index contributed by atoms with van der Waals surface area (Å²) in [6, 6.07) is 0. The first kappa shape index (κ1) is 12.9. The Kier molecular flexibility index (Phi) is 6.22. The van der Waals surface area contributed by atoms with Gasteiger partial charge in [-0.15, -0.1) is 0 Å². The number of hydrogen-bond donors (Lipinski definition) is 1. The van der Waals surface area contributed by atoms with Crippen molar-refractivity contribution in [3.05, 3.63) is 0 Å². The van der Waals surface area contributed by atoms with Crippen molar-refractivity contribution in [2.45, 2.75) is 32.8 Å². The van der Waals surface area contributed by atoms with Gasteiger partial charge in [0.05, 0.1) is 12.7 Å². The van der Waals surface area contributed by atoms with Gasteiger partial charge in [-0.2, -0.15) is 0 Å². The lowest BCUT2D eigenvalue weighted by Gasteiger charge is -2.35. The van der Waals surface area contributed by atoms with Crippen molar-refractivity contribution in [2.24, 2.45) is 5.92 Å². The van der Waals surface area contributed by atoms with Gasteiger partial charge in [0.2, 0.25) is 0 Å². The van der Waals surface area contributed by atoms with Crippen molar-refractivity contribution in [3.63, 3.8) is 0 Å². The van der Waals surface area contributed by atoms with E-state index in [1.54, 1.807) is 0 Å². The van der Waals surface area contributed by atoms with Gasteiger partial charge in [-0.1, -0.05) is 13.8 Å². The van der Waals surface area contributed by atoms with Gasteiger partial charge in [-0.3, -0.25) is 0 Å². The average Bonchev–Trinajstić information content (AvgIpc) is 2.20. The van der Waals surface area contributed by atoms with E-state index in [0.29, 0.717) is 6.10 Å². The van der Waals surface area contributed by atoms with Gasteiger partial charge in [0.15, 0.2) is 0 Å². The zero-order valence-corrected chi connectivity index (χ0v) is 10.5. The Labute approximate surface area is 94.2 Å². The molecule has 90 valence electrons. The predicted molar refractivity (Wildman–Crippen MR) is 64.2 cm³/mol. The van der Waals surface area contributed by atoms with Crippen LogP contribution in [0.5, 0.6) is 0 Å². The number of hydrogen-bond acceptors (Lipinski definition) is 3.